The second-order valence-electron chi connectivity index (χ2n) is 7.93. The first-order valence-electron chi connectivity index (χ1n) is 11.6. The van der Waals surface area contributed by atoms with Gasteiger partial charge in [0.25, 0.3) is 0 Å². The predicted octanol–water partition coefficient (Wildman–Crippen LogP) is 9.23. The number of hydrogen-bond acceptors (Lipinski definition) is 2. The number of pyridine rings is 1. The fraction of sp³-hybridized carbons (Fsp3) is 0.519. The molecule has 1 N–H and O–H groups in total. The van der Waals surface area contributed by atoms with Crippen molar-refractivity contribution in [3.8, 4) is 0 Å². The molecule has 2 nitrogen and oxygen atoms in total. The van der Waals surface area contributed by atoms with Gasteiger partial charge in [0, 0.05) is 29.3 Å². The number of nitrogens with zero attached hydrogens (tertiary/aromatic N) is 1. The third-order valence-electron chi connectivity index (χ3n) is 5.09. The third-order valence-corrected chi connectivity index (χ3v) is 5.34. The van der Waals surface area contributed by atoms with Gasteiger partial charge >= 0.3 is 6.18 Å². The minimum Gasteiger partial charge on any atom is -0.380 e. The Kier molecular flexibility index (Phi) is 14.8. The Morgan fingerprint density at radius 2 is 1.61 bits per heavy atom. The number of aromatic nitrogens is 1. The fourth-order valence-corrected chi connectivity index (χ4v) is 2.98. The summed E-state index contributed by atoms with van der Waals surface area (Å²) in [6.45, 7) is 17.7. The van der Waals surface area contributed by atoms with E-state index in [1.807, 2.05) is 51.2 Å². The molecule has 1 saturated carbocycles. The van der Waals surface area contributed by atoms with Gasteiger partial charge in [0.05, 0.1) is 11.7 Å². The van der Waals surface area contributed by atoms with Crippen LogP contribution in [0.5, 0.6) is 0 Å². The largest absolute Gasteiger partial charge is 0.388 e. The lowest BCUT2D eigenvalue weighted by Crippen LogP contribution is -2.19. The van der Waals surface area contributed by atoms with Crippen LogP contribution in [0.1, 0.15) is 76.7 Å². The maximum Gasteiger partial charge on any atom is 0.388 e. The van der Waals surface area contributed by atoms with Crippen LogP contribution in [0.3, 0.4) is 0 Å². The molecule has 33 heavy (non-hydrogen) atoms. The van der Waals surface area contributed by atoms with Crippen molar-refractivity contribution >= 4 is 11.6 Å². The second-order valence-corrected chi connectivity index (χ2v) is 8.36. The van der Waals surface area contributed by atoms with E-state index in [-0.39, 0.29) is 6.04 Å². The molecule has 186 valence electrons. The lowest BCUT2D eigenvalue weighted by atomic mass is 10.1. The molecule has 1 fully saturated rings. The summed E-state index contributed by atoms with van der Waals surface area (Å²) in [7, 11) is 0. The van der Waals surface area contributed by atoms with E-state index in [4.69, 9.17) is 11.6 Å². The Morgan fingerprint density at radius 3 is 1.97 bits per heavy atom. The first-order chi connectivity index (χ1) is 15.5. The van der Waals surface area contributed by atoms with Crippen molar-refractivity contribution in [3.63, 3.8) is 0 Å². The SMILES string of the molecule is C=C(NC(C)c1ccc(C)cn1)C1CC1CC.CC.CCC(F)(F)F.Cc1ccc(Cl)cc1. The molecular weight excluding hydrogens is 445 g/mol. The van der Waals surface area contributed by atoms with Crippen molar-refractivity contribution in [3.05, 3.63) is 76.7 Å². The molecule has 1 heterocycles. The van der Waals surface area contributed by atoms with Gasteiger partial charge in [0.1, 0.15) is 0 Å². The number of halogens is 4. The van der Waals surface area contributed by atoms with Gasteiger partial charge in [-0.25, -0.2) is 0 Å². The summed E-state index contributed by atoms with van der Waals surface area (Å²) in [5, 5.41) is 4.29. The Bertz CT molecular complexity index is 766. The van der Waals surface area contributed by atoms with E-state index in [9.17, 15) is 13.2 Å². The minimum atomic E-state index is -3.96. The molecule has 0 amide bonds. The highest BCUT2D eigenvalue weighted by atomic mass is 35.5. The highest BCUT2D eigenvalue weighted by molar-refractivity contribution is 6.30. The lowest BCUT2D eigenvalue weighted by molar-refractivity contribution is -0.130. The zero-order chi connectivity index (χ0) is 25.6. The number of alkyl halides is 3. The molecule has 0 saturated heterocycles. The summed E-state index contributed by atoms with van der Waals surface area (Å²) >= 11 is 5.61. The van der Waals surface area contributed by atoms with Gasteiger partial charge in [0.2, 0.25) is 0 Å². The smallest absolute Gasteiger partial charge is 0.380 e. The molecule has 3 rings (SSSR count). The Morgan fingerprint density at radius 1 is 1.09 bits per heavy atom. The topological polar surface area (TPSA) is 24.9 Å². The average molecular weight is 485 g/mol. The monoisotopic (exact) mass is 484 g/mol. The van der Waals surface area contributed by atoms with Crippen LogP contribution in [-0.4, -0.2) is 11.2 Å². The minimum absolute atomic E-state index is 0.251. The lowest BCUT2D eigenvalue weighted by Gasteiger charge is -2.17. The van der Waals surface area contributed by atoms with Crippen LogP contribution in [0.2, 0.25) is 5.02 Å². The Hall–Kier alpha value is -2.01. The molecule has 3 atom stereocenters. The van der Waals surface area contributed by atoms with Gasteiger partial charge in [-0.3, -0.25) is 4.98 Å². The van der Waals surface area contributed by atoms with Gasteiger partial charge in [-0.1, -0.05) is 76.1 Å². The summed E-state index contributed by atoms with van der Waals surface area (Å²) in [4.78, 5) is 4.45. The zero-order valence-electron chi connectivity index (χ0n) is 21.1. The molecule has 1 aromatic carbocycles. The molecule has 1 aliphatic carbocycles. The van der Waals surface area contributed by atoms with E-state index in [1.165, 1.54) is 29.7 Å². The van der Waals surface area contributed by atoms with Gasteiger partial charge in [-0.05, 0) is 56.9 Å². The number of rotatable bonds is 5. The van der Waals surface area contributed by atoms with Crippen molar-refractivity contribution < 1.29 is 13.2 Å². The number of nitrogens with one attached hydrogen (secondary N) is 1. The molecule has 3 unspecified atom stereocenters. The van der Waals surface area contributed by atoms with Gasteiger partial charge in [-0.15, -0.1) is 0 Å². The number of benzene rings is 1. The maximum absolute atomic E-state index is 10.8. The zero-order valence-corrected chi connectivity index (χ0v) is 21.8. The maximum atomic E-state index is 10.8. The van der Waals surface area contributed by atoms with E-state index in [0.29, 0.717) is 5.92 Å². The van der Waals surface area contributed by atoms with Crippen molar-refractivity contribution in [1.29, 1.82) is 0 Å². The summed E-state index contributed by atoms with van der Waals surface area (Å²) < 4.78 is 32.4. The predicted molar refractivity (Wildman–Crippen MR) is 135 cm³/mol. The molecule has 1 aromatic heterocycles. The molecule has 6 heteroatoms. The summed E-state index contributed by atoms with van der Waals surface area (Å²) in [5.74, 6) is 1.54. The van der Waals surface area contributed by atoms with Crippen LogP contribution >= 0.6 is 11.6 Å². The van der Waals surface area contributed by atoms with E-state index in [0.717, 1.165) is 23.6 Å². The quantitative estimate of drug-likeness (QED) is 0.457. The van der Waals surface area contributed by atoms with Gasteiger partial charge in [-0.2, -0.15) is 13.2 Å². The molecular formula is C27H40ClF3N2. The van der Waals surface area contributed by atoms with Crippen LogP contribution in [0, 0.1) is 25.7 Å². The number of aryl methyl sites for hydroxylation is 2. The van der Waals surface area contributed by atoms with Crippen LogP contribution in [0.15, 0.2) is 54.9 Å². The summed E-state index contributed by atoms with van der Waals surface area (Å²) in [6, 6.07) is 12.2. The van der Waals surface area contributed by atoms with Crippen LogP contribution in [0.25, 0.3) is 0 Å². The average Bonchev–Trinajstić information content (AvgIpc) is 3.58. The molecule has 0 aliphatic heterocycles. The number of allylic oxidation sites excluding steroid dienone is 1. The van der Waals surface area contributed by atoms with E-state index < -0.39 is 12.6 Å². The van der Waals surface area contributed by atoms with Crippen molar-refractivity contribution in [2.75, 3.05) is 0 Å². The first kappa shape index (κ1) is 31.0. The summed E-state index contributed by atoms with van der Waals surface area (Å²) in [6.07, 6.45) is -0.200. The summed E-state index contributed by atoms with van der Waals surface area (Å²) in [5.41, 5.74) is 4.72. The molecule has 0 bridgehead atoms. The molecule has 0 spiro atoms. The van der Waals surface area contributed by atoms with Crippen molar-refractivity contribution in [1.82, 2.24) is 10.3 Å². The normalized spacial score (nSPS) is 17.1. The highest BCUT2D eigenvalue weighted by Crippen LogP contribution is 2.45. The molecule has 1 aliphatic rings. The van der Waals surface area contributed by atoms with E-state index in [2.05, 4.69) is 49.8 Å². The van der Waals surface area contributed by atoms with Crippen LogP contribution < -0.4 is 5.32 Å². The van der Waals surface area contributed by atoms with Crippen molar-refractivity contribution in [2.24, 2.45) is 11.8 Å². The van der Waals surface area contributed by atoms with Crippen LogP contribution in [0.4, 0.5) is 13.2 Å². The van der Waals surface area contributed by atoms with Gasteiger partial charge in [0.15, 0.2) is 0 Å². The van der Waals surface area contributed by atoms with E-state index in [1.54, 1.807) is 0 Å². The van der Waals surface area contributed by atoms with Crippen molar-refractivity contribution in [2.45, 2.75) is 79.9 Å². The fourth-order valence-electron chi connectivity index (χ4n) is 2.85. The standard InChI is InChI=1S/C15H22N2.C7H7Cl.C3H5F3.C2H6/c1-5-13-8-14(13)11(3)17-12(4)15-7-6-10(2)9-16-15;1-6-2-4-7(8)5-3-6;1-2-3(4,5)6;1-2/h6-7,9,12-14,17H,3,5,8H2,1-2,4H3;2-5H,1H3;2H2,1H3;1-2H3. The van der Waals surface area contributed by atoms with Crippen LogP contribution in [-0.2, 0) is 0 Å². The van der Waals surface area contributed by atoms with Gasteiger partial charge < -0.3 is 5.32 Å². The first-order valence-corrected chi connectivity index (χ1v) is 12.0. The van der Waals surface area contributed by atoms with E-state index >= 15 is 0 Å². The Labute approximate surface area is 203 Å². The molecule has 2 aromatic rings. The number of hydrogen-bond donors (Lipinski definition) is 1. The second kappa shape index (κ2) is 15.8. The Balaban J connectivity index is 0.000000532. The molecule has 0 radical (unpaired) electrons. The third kappa shape index (κ3) is 14.0. The highest BCUT2D eigenvalue weighted by Gasteiger charge is 2.37.